The topological polar surface area (TPSA) is 41.1 Å². The number of amides is 1. The van der Waals surface area contributed by atoms with Crippen molar-refractivity contribution in [3.8, 4) is 0 Å². The Labute approximate surface area is 129 Å². The summed E-state index contributed by atoms with van der Waals surface area (Å²) in [4.78, 5) is 12.4. The summed E-state index contributed by atoms with van der Waals surface area (Å²) in [5.74, 6) is -0.0411. The Morgan fingerprint density at radius 1 is 1.24 bits per heavy atom. The molecule has 108 valence electrons. The van der Waals surface area contributed by atoms with Crippen LogP contribution >= 0.6 is 11.6 Å². The number of hydrogen-bond acceptors (Lipinski definition) is 2. The average Bonchev–Trinajstić information content (AvgIpc) is 2.51. The fraction of sp³-hybridized carbons (Fsp3) is 0.235. The van der Waals surface area contributed by atoms with Gasteiger partial charge in [-0.15, -0.1) is 0 Å². The second-order valence-electron chi connectivity index (χ2n) is 5.34. The van der Waals surface area contributed by atoms with Crippen LogP contribution < -0.4 is 10.6 Å². The third-order valence-corrected chi connectivity index (χ3v) is 4.33. The lowest BCUT2D eigenvalue weighted by Gasteiger charge is -2.25. The molecule has 0 spiro atoms. The van der Waals surface area contributed by atoms with Gasteiger partial charge in [0.25, 0.3) is 0 Å². The van der Waals surface area contributed by atoms with Crippen LogP contribution in [-0.4, -0.2) is 12.5 Å². The summed E-state index contributed by atoms with van der Waals surface area (Å²) in [5.41, 5.74) is 4.00. The van der Waals surface area contributed by atoms with Gasteiger partial charge in [-0.2, -0.15) is 0 Å². The van der Waals surface area contributed by atoms with Crippen LogP contribution in [0.1, 0.15) is 11.1 Å². The molecule has 4 heteroatoms. The van der Waals surface area contributed by atoms with Gasteiger partial charge < -0.3 is 10.6 Å². The number of carbonyl (C=O) groups is 1. The third kappa shape index (κ3) is 2.88. The molecule has 0 saturated heterocycles. The fourth-order valence-electron chi connectivity index (χ4n) is 2.60. The standard InChI is InChI=1S/C17H17ClN2O/c1-11-14(18)6-4-8-15(11)20-17(21)13-9-12-5-2-3-7-16(12)19-10-13/h2-8,13,19H,9-10H2,1H3,(H,20,21). The van der Waals surface area contributed by atoms with Crippen molar-refractivity contribution in [2.75, 3.05) is 17.2 Å². The van der Waals surface area contributed by atoms with E-state index in [0.29, 0.717) is 11.6 Å². The number of halogens is 1. The van der Waals surface area contributed by atoms with Crippen molar-refractivity contribution in [2.24, 2.45) is 5.92 Å². The van der Waals surface area contributed by atoms with Crippen LogP contribution in [-0.2, 0) is 11.2 Å². The third-order valence-electron chi connectivity index (χ3n) is 3.92. The molecule has 2 aromatic rings. The Morgan fingerprint density at radius 3 is 2.90 bits per heavy atom. The molecule has 2 N–H and O–H groups in total. The number of para-hydroxylation sites is 1. The first-order chi connectivity index (χ1) is 10.1. The van der Waals surface area contributed by atoms with Gasteiger partial charge in [0.2, 0.25) is 5.91 Å². The van der Waals surface area contributed by atoms with Gasteiger partial charge in [-0.25, -0.2) is 0 Å². The van der Waals surface area contributed by atoms with E-state index in [0.717, 1.165) is 23.4 Å². The Kier molecular flexibility index (Phi) is 3.84. The van der Waals surface area contributed by atoms with Crippen LogP contribution in [0.4, 0.5) is 11.4 Å². The van der Waals surface area contributed by atoms with E-state index in [9.17, 15) is 4.79 Å². The van der Waals surface area contributed by atoms with Crippen LogP contribution in [0.15, 0.2) is 42.5 Å². The summed E-state index contributed by atoms with van der Waals surface area (Å²) in [5, 5.41) is 6.97. The number of carbonyl (C=O) groups excluding carboxylic acids is 1. The van der Waals surface area contributed by atoms with Crippen molar-refractivity contribution >= 4 is 28.9 Å². The highest BCUT2D eigenvalue weighted by molar-refractivity contribution is 6.31. The Hall–Kier alpha value is -2.00. The minimum absolute atomic E-state index is 0.0300. The number of fused-ring (bicyclic) bond motifs is 1. The van der Waals surface area contributed by atoms with Gasteiger partial charge in [-0.3, -0.25) is 4.79 Å². The highest BCUT2D eigenvalue weighted by Crippen LogP contribution is 2.27. The minimum atomic E-state index is -0.0710. The molecule has 0 aliphatic carbocycles. The number of hydrogen-bond donors (Lipinski definition) is 2. The second-order valence-corrected chi connectivity index (χ2v) is 5.75. The SMILES string of the molecule is Cc1c(Cl)cccc1NC(=O)C1CNc2ccccc2C1. The van der Waals surface area contributed by atoms with E-state index in [-0.39, 0.29) is 11.8 Å². The molecule has 1 amide bonds. The maximum absolute atomic E-state index is 12.4. The first-order valence-electron chi connectivity index (χ1n) is 7.03. The number of anilines is 2. The summed E-state index contributed by atoms with van der Waals surface area (Å²) in [6.45, 7) is 2.56. The van der Waals surface area contributed by atoms with Crippen molar-refractivity contribution in [3.63, 3.8) is 0 Å². The number of nitrogens with one attached hydrogen (secondary N) is 2. The van der Waals surface area contributed by atoms with Gasteiger partial charge in [0.15, 0.2) is 0 Å². The zero-order valence-electron chi connectivity index (χ0n) is 11.8. The molecule has 0 aromatic heterocycles. The maximum Gasteiger partial charge on any atom is 0.229 e. The summed E-state index contributed by atoms with van der Waals surface area (Å²) in [7, 11) is 0. The lowest BCUT2D eigenvalue weighted by Crippen LogP contribution is -2.33. The summed E-state index contributed by atoms with van der Waals surface area (Å²) >= 11 is 6.09. The van der Waals surface area contributed by atoms with Crippen molar-refractivity contribution in [2.45, 2.75) is 13.3 Å². The average molecular weight is 301 g/mol. The van der Waals surface area contributed by atoms with Gasteiger partial charge in [0, 0.05) is 22.9 Å². The molecule has 1 unspecified atom stereocenters. The Balaban J connectivity index is 1.74. The normalized spacial score (nSPS) is 16.8. The molecular weight excluding hydrogens is 284 g/mol. The van der Waals surface area contributed by atoms with E-state index >= 15 is 0 Å². The minimum Gasteiger partial charge on any atom is -0.384 e. The fourth-order valence-corrected chi connectivity index (χ4v) is 2.78. The molecule has 2 aromatic carbocycles. The molecule has 1 heterocycles. The van der Waals surface area contributed by atoms with Crippen LogP contribution in [0.3, 0.4) is 0 Å². The number of benzene rings is 2. The summed E-state index contributed by atoms with van der Waals surface area (Å²) in [6.07, 6.45) is 0.759. The molecule has 1 atom stereocenters. The van der Waals surface area contributed by atoms with Crippen LogP contribution in [0.2, 0.25) is 5.02 Å². The smallest absolute Gasteiger partial charge is 0.229 e. The highest BCUT2D eigenvalue weighted by atomic mass is 35.5. The molecule has 0 bridgehead atoms. The zero-order valence-corrected chi connectivity index (χ0v) is 12.6. The van der Waals surface area contributed by atoms with Crippen LogP contribution in [0.5, 0.6) is 0 Å². The van der Waals surface area contributed by atoms with E-state index in [1.54, 1.807) is 0 Å². The predicted molar refractivity (Wildman–Crippen MR) is 86.9 cm³/mol. The van der Waals surface area contributed by atoms with Crippen molar-refractivity contribution in [1.29, 1.82) is 0 Å². The van der Waals surface area contributed by atoms with Crippen LogP contribution in [0.25, 0.3) is 0 Å². The van der Waals surface area contributed by atoms with Gasteiger partial charge in [-0.05, 0) is 42.7 Å². The van der Waals surface area contributed by atoms with E-state index in [2.05, 4.69) is 16.7 Å². The molecule has 1 aliphatic heterocycles. The Bertz CT molecular complexity index is 684. The number of rotatable bonds is 2. The molecule has 0 radical (unpaired) electrons. The monoisotopic (exact) mass is 300 g/mol. The molecular formula is C17H17ClN2O. The molecule has 0 fully saturated rings. The van der Waals surface area contributed by atoms with E-state index in [1.165, 1.54) is 5.56 Å². The second kappa shape index (κ2) is 5.78. The Morgan fingerprint density at radius 2 is 2.05 bits per heavy atom. The lowest BCUT2D eigenvalue weighted by molar-refractivity contribution is -0.119. The lowest BCUT2D eigenvalue weighted by atomic mass is 9.93. The quantitative estimate of drug-likeness (QED) is 0.884. The molecule has 3 nitrogen and oxygen atoms in total. The highest BCUT2D eigenvalue weighted by Gasteiger charge is 2.24. The molecule has 1 aliphatic rings. The van der Waals surface area contributed by atoms with Gasteiger partial charge in [0.1, 0.15) is 0 Å². The largest absolute Gasteiger partial charge is 0.384 e. The van der Waals surface area contributed by atoms with Crippen molar-refractivity contribution < 1.29 is 4.79 Å². The van der Waals surface area contributed by atoms with Gasteiger partial charge >= 0.3 is 0 Å². The predicted octanol–water partition coefficient (Wildman–Crippen LogP) is 3.87. The first kappa shape index (κ1) is 14.0. The van der Waals surface area contributed by atoms with Crippen molar-refractivity contribution in [1.82, 2.24) is 0 Å². The van der Waals surface area contributed by atoms with Gasteiger partial charge in [0.05, 0.1) is 5.92 Å². The maximum atomic E-state index is 12.4. The zero-order chi connectivity index (χ0) is 14.8. The van der Waals surface area contributed by atoms with Crippen molar-refractivity contribution in [3.05, 3.63) is 58.6 Å². The summed E-state index contributed by atoms with van der Waals surface area (Å²) in [6, 6.07) is 13.7. The van der Waals surface area contributed by atoms with Crippen LogP contribution in [0, 0.1) is 12.8 Å². The van der Waals surface area contributed by atoms with E-state index < -0.39 is 0 Å². The first-order valence-corrected chi connectivity index (χ1v) is 7.40. The molecule has 0 saturated carbocycles. The van der Waals surface area contributed by atoms with E-state index in [1.807, 2.05) is 43.3 Å². The summed E-state index contributed by atoms with van der Waals surface area (Å²) < 4.78 is 0. The molecule has 3 rings (SSSR count). The van der Waals surface area contributed by atoms with E-state index in [4.69, 9.17) is 11.6 Å². The van der Waals surface area contributed by atoms with Gasteiger partial charge in [-0.1, -0.05) is 35.9 Å². The molecule has 21 heavy (non-hydrogen) atoms.